The van der Waals surface area contributed by atoms with Crippen LogP contribution in [0.1, 0.15) is 22.9 Å². The molecule has 0 spiro atoms. The lowest BCUT2D eigenvalue weighted by Crippen LogP contribution is -2.33. The van der Waals surface area contributed by atoms with Crippen LogP contribution in [0.4, 0.5) is 13.2 Å². The lowest BCUT2D eigenvalue weighted by molar-refractivity contribution is -0.182. The van der Waals surface area contributed by atoms with Gasteiger partial charge >= 0.3 is 6.18 Å². The highest BCUT2D eigenvalue weighted by molar-refractivity contribution is 7.09. The molecule has 1 aliphatic heterocycles. The summed E-state index contributed by atoms with van der Waals surface area (Å²) in [6, 6.07) is 3.98. The molecular formula is C13H15F3N4S. The van der Waals surface area contributed by atoms with Crippen molar-refractivity contribution in [3.8, 4) is 0 Å². The van der Waals surface area contributed by atoms with Crippen LogP contribution in [0.2, 0.25) is 0 Å². The van der Waals surface area contributed by atoms with Crippen molar-refractivity contribution in [1.82, 2.24) is 20.1 Å². The van der Waals surface area contributed by atoms with E-state index in [-0.39, 0.29) is 13.0 Å². The van der Waals surface area contributed by atoms with E-state index < -0.39 is 12.1 Å². The van der Waals surface area contributed by atoms with E-state index >= 15 is 0 Å². The second-order valence-electron chi connectivity index (χ2n) is 5.10. The summed E-state index contributed by atoms with van der Waals surface area (Å²) in [7, 11) is 0. The molecule has 0 aliphatic carbocycles. The lowest BCUT2D eigenvalue weighted by Gasteiger charge is -2.26. The average Bonchev–Trinajstić information content (AvgIpc) is 3.07. The Bertz CT molecular complexity index is 591. The number of rotatable bonds is 4. The van der Waals surface area contributed by atoms with Crippen LogP contribution in [-0.2, 0) is 26.1 Å². The van der Waals surface area contributed by atoms with Gasteiger partial charge in [-0.25, -0.2) is 0 Å². The van der Waals surface area contributed by atoms with Gasteiger partial charge in [-0.15, -0.1) is 21.5 Å². The lowest BCUT2D eigenvalue weighted by atomic mass is 9.99. The van der Waals surface area contributed by atoms with Crippen molar-refractivity contribution < 1.29 is 13.2 Å². The highest BCUT2D eigenvalue weighted by atomic mass is 32.1. The molecule has 1 N–H and O–H groups in total. The molecule has 3 rings (SSSR count). The molecule has 1 aliphatic rings. The van der Waals surface area contributed by atoms with Gasteiger partial charge in [-0.1, -0.05) is 6.07 Å². The number of alkyl halides is 3. The van der Waals surface area contributed by atoms with Crippen LogP contribution in [0.15, 0.2) is 17.5 Å². The van der Waals surface area contributed by atoms with Gasteiger partial charge in [0.15, 0.2) is 0 Å². The van der Waals surface area contributed by atoms with Crippen LogP contribution < -0.4 is 5.32 Å². The van der Waals surface area contributed by atoms with Gasteiger partial charge in [0.05, 0.1) is 12.5 Å². The molecule has 0 saturated heterocycles. The Morgan fingerprint density at radius 2 is 2.19 bits per heavy atom. The zero-order valence-electron chi connectivity index (χ0n) is 11.2. The Kier molecular flexibility index (Phi) is 3.99. The van der Waals surface area contributed by atoms with E-state index in [1.54, 1.807) is 15.9 Å². The first-order valence-corrected chi connectivity index (χ1v) is 7.63. The molecule has 3 heterocycles. The first-order chi connectivity index (χ1) is 10.0. The number of nitrogens with one attached hydrogen (secondary N) is 1. The van der Waals surface area contributed by atoms with Gasteiger partial charge in [-0.2, -0.15) is 13.2 Å². The van der Waals surface area contributed by atoms with Crippen molar-refractivity contribution in [2.24, 2.45) is 5.92 Å². The summed E-state index contributed by atoms with van der Waals surface area (Å²) in [5.41, 5.74) is 0. The van der Waals surface area contributed by atoms with E-state index in [1.165, 1.54) is 4.88 Å². The van der Waals surface area contributed by atoms with Crippen LogP contribution in [-0.4, -0.2) is 20.9 Å². The molecule has 8 heteroatoms. The molecule has 1 atom stereocenters. The summed E-state index contributed by atoms with van der Waals surface area (Å²) in [5, 5.41) is 13.2. The number of hydrogen-bond donors (Lipinski definition) is 1. The van der Waals surface area contributed by atoms with Crippen molar-refractivity contribution in [1.29, 1.82) is 0 Å². The number of nitrogens with zero attached hydrogens (tertiary/aromatic N) is 3. The van der Waals surface area contributed by atoms with E-state index in [4.69, 9.17) is 0 Å². The second-order valence-corrected chi connectivity index (χ2v) is 6.14. The molecule has 0 aromatic carbocycles. The molecular weight excluding hydrogens is 301 g/mol. The minimum atomic E-state index is -4.15. The minimum absolute atomic E-state index is 0.0676. The minimum Gasteiger partial charge on any atom is -0.313 e. The summed E-state index contributed by atoms with van der Waals surface area (Å²) in [6.45, 7) is 1.04. The maximum Gasteiger partial charge on any atom is 0.393 e. The first-order valence-electron chi connectivity index (χ1n) is 6.75. The zero-order chi connectivity index (χ0) is 14.9. The molecule has 0 radical (unpaired) electrons. The topological polar surface area (TPSA) is 42.7 Å². The molecule has 0 saturated carbocycles. The van der Waals surface area contributed by atoms with Gasteiger partial charge in [0, 0.05) is 24.4 Å². The van der Waals surface area contributed by atoms with Gasteiger partial charge in [0.2, 0.25) is 0 Å². The molecule has 0 bridgehead atoms. The fourth-order valence-corrected chi connectivity index (χ4v) is 3.17. The maximum absolute atomic E-state index is 12.8. The second kappa shape index (κ2) is 5.76. The number of aryl methyl sites for hydroxylation is 1. The summed E-state index contributed by atoms with van der Waals surface area (Å²) in [5.74, 6) is -0.0593. The van der Waals surface area contributed by atoms with Crippen molar-refractivity contribution in [2.75, 3.05) is 0 Å². The highest BCUT2D eigenvalue weighted by Crippen LogP contribution is 2.34. The average molecular weight is 316 g/mol. The van der Waals surface area contributed by atoms with Crippen LogP contribution in [0.5, 0.6) is 0 Å². The van der Waals surface area contributed by atoms with Crippen LogP contribution in [0.3, 0.4) is 0 Å². The zero-order valence-corrected chi connectivity index (χ0v) is 12.0. The number of fused-ring (bicyclic) bond motifs is 1. The molecule has 21 heavy (non-hydrogen) atoms. The van der Waals surface area contributed by atoms with Crippen molar-refractivity contribution in [3.63, 3.8) is 0 Å². The van der Waals surface area contributed by atoms with Crippen molar-refractivity contribution >= 4 is 11.3 Å². The molecule has 114 valence electrons. The third-order valence-electron chi connectivity index (χ3n) is 3.65. The van der Waals surface area contributed by atoms with Crippen molar-refractivity contribution in [3.05, 3.63) is 34.0 Å². The smallest absolute Gasteiger partial charge is 0.313 e. The van der Waals surface area contributed by atoms with E-state index in [9.17, 15) is 13.2 Å². The Morgan fingerprint density at radius 3 is 2.90 bits per heavy atom. The number of halogens is 3. The van der Waals surface area contributed by atoms with Gasteiger partial charge in [0.1, 0.15) is 11.6 Å². The Labute approximate surface area is 124 Å². The van der Waals surface area contributed by atoms with E-state index in [2.05, 4.69) is 15.5 Å². The monoisotopic (exact) mass is 316 g/mol. The van der Waals surface area contributed by atoms with Gasteiger partial charge in [-0.05, 0) is 17.9 Å². The van der Waals surface area contributed by atoms with Crippen LogP contribution >= 0.6 is 11.3 Å². The Hall–Kier alpha value is -1.41. The Balaban J connectivity index is 1.64. The summed E-state index contributed by atoms with van der Waals surface area (Å²) < 4.78 is 40.1. The number of aromatic nitrogens is 3. The highest BCUT2D eigenvalue weighted by Gasteiger charge is 2.42. The number of hydrogen-bond acceptors (Lipinski definition) is 4. The molecule has 0 amide bonds. The largest absolute Gasteiger partial charge is 0.393 e. The fraction of sp³-hybridized carbons (Fsp3) is 0.538. The SMILES string of the molecule is FC(F)(F)[C@H]1CCc2nnc(CNCc3cccs3)n2C1. The van der Waals surface area contributed by atoms with Crippen LogP contribution in [0.25, 0.3) is 0 Å². The van der Waals surface area contributed by atoms with Gasteiger partial charge < -0.3 is 9.88 Å². The summed E-state index contributed by atoms with van der Waals surface area (Å²) >= 11 is 1.64. The summed E-state index contributed by atoms with van der Waals surface area (Å²) in [6.07, 6.45) is -3.71. The predicted molar refractivity (Wildman–Crippen MR) is 72.8 cm³/mol. The van der Waals surface area contributed by atoms with Gasteiger partial charge in [-0.3, -0.25) is 0 Å². The standard InChI is InChI=1S/C13H15F3N4S/c14-13(15,16)9-3-4-11-18-19-12(20(11)8-9)7-17-6-10-2-1-5-21-10/h1-2,5,9,17H,3-4,6-8H2/t9-/m0/s1. The van der Waals surface area contributed by atoms with E-state index in [1.807, 2.05) is 17.5 Å². The van der Waals surface area contributed by atoms with Gasteiger partial charge in [0.25, 0.3) is 0 Å². The molecule has 4 nitrogen and oxygen atoms in total. The molecule has 2 aromatic heterocycles. The maximum atomic E-state index is 12.8. The predicted octanol–water partition coefficient (Wildman–Crippen LogP) is 2.75. The number of thiophene rings is 1. The third-order valence-corrected chi connectivity index (χ3v) is 4.53. The normalized spacial score (nSPS) is 18.7. The third kappa shape index (κ3) is 3.26. The van der Waals surface area contributed by atoms with E-state index in [0.717, 1.165) is 0 Å². The molecule has 2 aromatic rings. The van der Waals surface area contributed by atoms with E-state index in [0.29, 0.717) is 31.2 Å². The van der Waals surface area contributed by atoms with Crippen molar-refractivity contribution in [2.45, 2.75) is 38.7 Å². The first kappa shape index (κ1) is 14.5. The quantitative estimate of drug-likeness (QED) is 0.943. The molecule has 0 unspecified atom stereocenters. The fourth-order valence-electron chi connectivity index (χ4n) is 2.49. The Morgan fingerprint density at radius 1 is 1.33 bits per heavy atom. The molecule has 0 fully saturated rings. The van der Waals surface area contributed by atoms with Crippen LogP contribution in [0, 0.1) is 5.92 Å². The summed E-state index contributed by atoms with van der Waals surface area (Å²) in [4.78, 5) is 1.18.